The number of benzene rings is 1. The minimum atomic E-state index is 0.567. The zero-order chi connectivity index (χ0) is 13.0. The lowest BCUT2D eigenvalue weighted by atomic mass is 9.99. The highest BCUT2D eigenvalue weighted by atomic mass is 14.6. The Balaban J connectivity index is 2.30. The minimum absolute atomic E-state index is 0.567. The van der Waals surface area contributed by atoms with E-state index in [0.717, 1.165) is 0 Å². The van der Waals surface area contributed by atoms with Crippen molar-refractivity contribution < 1.29 is 0 Å². The molecule has 2 aromatic rings. The maximum atomic E-state index is 4.15. The zero-order valence-corrected chi connectivity index (χ0v) is 11.2. The van der Waals surface area contributed by atoms with E-state index >= 15 is 0 Å². The van der Waals surface area contributed by atoms with Gasteiger partial charge in [0.25, 0.3) is 0 Å². The van der Waals surface area contributed by atoms with Crippen molar-refractivity contribution in [2.75, 3.05) is 0 Å². The summed E-state index contributed by atoms with van der Waals surface area (Å²) in [5.74, 6) is 0.567. The standard InChI is InChI=1S/C17H19N/c1-13(2)16-7-4-6-15(11-16)10-14(3)17-8-5-9-18-12-17/h4-13H,1-3H3/b14-10-. The summed E-state index contributed by atoms with van der Waals surface area (Å²) >= 11 is 0. The Bertz CT molecular complexity index is 539. The molecular formula is C17H19N. The van der Waals surface area contributed by atoms with Crippen LogP contribution in [0, 0.1) is 0 Å². The van der Waals surface area contributed by atoms with E-state index in [0.29, 0.717) is 5.92 Å². The van der Waals surface area contributed by atoms with E-state index in [9.17, 15) is 0 Å². The number of hydrogen-bond donors (Lipinski definition) is 0. The van der Waals surface area contributed by atoms with Crippen molar-refractivity contribution in [1.82, 2.24) is 4.98 Å². The van der Waals surface area contributed by atoms with E-state index in [1.54, 1.807) is 6.20 Å². The lowest BCUT2D eigenvalue weighted by Gasteiger charge is -2.07. The summed E-state index contributed by atoms with van der Waals surface area (Å²) < 4.78 is 0. The molecule has 1 aromatic heterocycles. The molecule has 1 nitrogen and oxygen atoms in total. The van der Waals surface area contributed by atoms with Gasteiger partial charge in [-0.3, -0.25) is 4.98 Å². The first kappa shape index (κ1) is 12.6. The van der Waals surface area contributed by atoms with Crippen LogP contribution >= 0.6 is 0 Å². The molecule has 0 aliphatic rings. The van der Waals surface area contributed by atoms with Crippen LogP contribution in [0.5, 0.6) is 0 Å². The molecule has 0 atom stereocenters. The van der Waals surface area contributed by atoms with Gasteiger partial charge in [0.1, 0.15) is 0 Å². The molecule has 0 aliphatic heterocycles. The lowest BCUT2D eigenvalue weighted by molar-refractivity contribution is 0.866. The highest BCUT2D eigenvalue weighted by Crippen LogP contribution is 2.20. The highest BCUT2D eigenvalue weighted by molar-refractivity contribution is 5.79. The van der Waals surface area contributed by atoms with Gasteiger partial charge in [-0.2, -0.15) is 0 Å². The Morgan fingerprint density at radius 2 is 2.00 bits per heavy atom. The van der Waals surface area contributed by atoms with Gasteiger partial charge in [-0.05, 0) is 41.2 Å². The van der Waals surface area contributed by atoms with Gasteiger partial charge in [-0.1, -0.05) is 50.3 Å². The maximum Gasteiger partial charge on any atom is 0.0342 e. The average Bonchev–Trinajstić information content (AvgIpc) is 2.40. The van der Waals surface area contributed by atoms with Crippen LogP contribution in [0.15, 0.2) is 48.8 Å². The van der Waals surface area contributed by atoms with Crippen molar-refractivity contribution in [3.63, 3.8) is 0 Å². The molecule has 0 N–H and O–H groups in total. The first-order valence-corrected chi connectivity index (χ1v) is 6.35. The van der Waals surface area contributed by atoms with Crippen LogP contribution in [0.1, 0.15) is 43.4 Å². The summed E-state index contributed by atoms with van der Waals surface area (Å²) in [5, 5.41) is 0. The summed E-state index contributed by atoms with van der Waals surface area (Å²) in [7, 11) is 0. The molecule has 0 bridgehead atoms. The van der Waals surface area contributed by atoms with E-state index in [-0.39, 0.29) is 0 Å². The highest BCUT2D eigenvalue weighted by Gasteiger charge is 2.00. The Kier molecular flexibility index (Phi) is 3.93. The predicted octanol–water partition coefficient (Wildman–Crippen LogP) is 4.77. The van der Waals surface area contributed by atoms with E-state index in [1.807, 2.05) is 12.3 Å². The number of hydrogen-bond acceptors (Lipinski definition) is 1. The Morgan fingerprint density at radius 3 is 2.67 bits per heavy atom. The molecule has 0 amide bonds. The van der Waals surface area contributed by atoms with Gasteiger partial charge in [0.2, 0.25) is 0 Å². The van der Waals surface area contributed by atoms with Gasteiger partial charge in [0, 0.05) is 12.4 Å². The summed E-state index contributed by atoms with van der Waals surface area (Å²) in [6.07, 6.45) is 5.91. The van der Waals surface area contributed by atoms with E-state index < -0.39 is 0 Å². The predicted molar refractivity (Wildman–Crippen MR) is 78.3 cm³/mol. The van der Waals surface area contributed by atoms with Crippen LogP contribution in [0.4, 0.5) is 0 Å². The molecule has 1 heteroatoms. The first-order valence-electron chi connectivity index (χ1n) is 6.35. The second kappa shape index (κ2) is 5.63. The van der Waals surface area contributed by atoms with Gasteiger partial charge in [-0.25, -0.2) is 0 Å². The van der Waals surface area contributed by atoms with Crippen LogP contribution in [0.3, 0.4) is 0 Å². The lowest BCUT2D eigenvalue weighted by Crippen LogP contribution is -1.87. The largest absolute Gasteiger partial charge is 0.264 e. The van der Waals surface area contributed by atoms with Gasteiger partial charge in [-0.15, -0.1) is 0 Å². The molecule has 0 saturated heterocycles. The summed E-state index contributed by atoms with van der Waals surface area (Å²) in [4.78, 5) is 4.15. The van der Waals surface area contributed by atoms with E-state index in [1.165, 1.54) is 22.3 Å². The topological polar surface area (TPSA) is 12.9 Å². The number of rotatable bonds is 3. The fourth-order valence-electron chi connectivity index (χ4n) is 1.94. The van der Waals surface area contributed by atoms with Crippen molar-refractivity contribution in [3.8, 4) is 0 Å². The van der Waals surface area contributed by atoms with Crippen molar-refractivity contribution in [2.24, 2.45) is 0 Å². The van der Waals surface area contributed by atoms with Crippen LogP contribution in [0.2, 0.25) is 0 Å². The summed E-state index contributed by atoms with van der Waals surface area (Å²) in [6.45, 7) is 6.56. The zero-order valence-electron chi connectivity index (χ0n) is 11.2. The molecule has 0 spiro atoms. The van der Waals surface area contributed by atoms with Crippen LogP contribution in [0.25, 0.3) is 11.6 Å². The smallest absolute Gasteiger partial charge is 0.0342 e. The fourth-order valence-corrected chi connectivity index (χ4v) is 1.94. The van der Waals surface area contributed by atoms with Gasteiger partial charge in [0.05, 0.1) is 0 Å². The molecule has 1 heterocycles. The van der Waals surface area contributed by atoms with Crippen molar-refractivity contribution >= 4 is 11.6 Å². The van der Waals surface area contributed by atoms with Crippen LogP contribution in [-0.4, -0.2) is 4.98 Å². The van der Waals surface area contributed by atoms with Crippen LogP contribution < -0.4 is 0 Å². The van der Waals surface area contributed by atoms with Gasteiger partial charge >= 0.3 is 0 Å². The molecule has 92 valence electrons. The molecule has 0 radical (unpaired) electrons. The quantitative estimate of drug-likeness (QED) is 0.749. The number of allylic oxidation sites excluding steroid dienone is 1. The maximum absolute atomic E-state index is 4.15. The molecule has 0 unspecified atom stereocenters. The molecule has 0 fully saturated rings. The molecule has 0 aliphatic carbocycles. The monoisotopic (exact) mass is 237 g/mol. The molecule has 1 aromatic carbocycles. The van der Waals surface area contributed by atoms with Crippen LogP contribution in [-0.2, 0) is 0 Å². The molecule has 2 rings (SSSR count). The van der Waals surface area contributed by atoms with E-state index in [4.69, 9.17) is 0 Å². The first-order chi connectivity index (χ1) is 8.66. The third-order valence-electron chi connectivity index (χ3n) is 3.08. The van der Waals surface area contributed by atoms with Gasteiger partial charge < -0.3 is 0 Å². The Morgan fingerprint density at radius 1 is 1.17 bits per heavy atom. The summed E-state index contributed by atoms with van der Waals surface area (Å²) in [5.41, 5.74) is 5.04. The third kappa shape index (κ3) is 3.07. The average molecular weight is 237 g/mol. The molecule has 0 saturated carbocycles. The second-order valence-corrected chi connectivity index (χ2v) is 4.89. The van der Waals surface area contributed by atoms with Crippen molar-refractivity contribution in [2.45, 2.75) is 26.7 Å². The second-order valence-electron chi connectivity index (χ2n) is 4.89. The van der Waals surface area contributed by atoms with Crippen molar-refractivity contribution in [3.05, 3.63) is 65.5 Å². The fraction of sp³-hybridized carbons (Fsp3) is 0.235. The Labute approximate surface area is 109 Å². The van der Waals surface area contributed by atoms with Crippen molar-refractivity contribution in [1.29, 1.82) is 0 Å². The minimum Gasteiger partial charge on any atom is -0.264 e. The molecular weight excluding hydrogens is 218 g/mol. The SMILES string of the molecule is C/C(=C/c1cccc(C(C)C)c1)c1cccnc1. The number of nitrogens with zero attached hydrogens (tertiary/aromatic N) is 1. The third-order valence-corrected chi connectivity index (χ3v) is 3.08. The summed E-state index contributed by atoms with van der Waals surface area (Å²) in [6, 6.07) is 12.8. The molecule has 18 heavy (non-hydrogen) atoms. The van der Waals surface area contributed by atoms with Gasteiger partial charge in [0.15, 0.2) is 0 Å². The normalized spacial score (nSPS) is 11.9. The Hall–Kier alpha value is -1.89. The van der Waals surface area contributed by atoms with E-state index in [2.05, 4.69) is 62.2 Å². The number of aromatic nitrogens is 1. The number of pyridine rings is 1.